The first-order valence-corrected chi connectivity index (χ1v) is 7.87. The highest BCUT2D eigenvalue weighted by atomic mass is 14.4. The average Bonchev–Trinajstić information content (AvgIpc) is 2.19. The van der Waals surface area contributed by atoms with E-state index in [1.54, 1.807) is 0 Å². The third-order valence-corrected chi connectivity index (χ3v) is 4.57. The first-order valence-electron chi connectivity index (χ1n) is 7.87. The van der Waals surface area contributed by atoms with Crippen LogP contribution >= 0.6 is 0 Å². The van der Waals surface area contributed by atoms with Crippen molar-refractivity contribution in [2.75, 3.05) is 0 Å². The highest BCUT2D eigenvalue weighted by molar-refractivity contribution is 5.27. The van der Waals surface area contributed by atoms with Gasteiger partial charge in [-0.05, 0) is 61.2 Å². The van der Waals surface area contributed by atoms with Crippen molar-refractivity contribution in [1.82, 2.24) is 0 Å². The standard InChI is InChI=1S/C18H32/c1-17(2,3)11-15-13-7-9-14(10-8-13)16(15)12-18(4,5)6/h13-14H,7-12H2,1-6H3. The van der Waals surface area contributed by atoms with Gasteiger partial charge >= 0.3 is 0 Å². The van der Waals surface area contributed by atoms with E-state index in [0.717, 1.165) is 11.8 Å². The third-order valence-electron chi connectivity index (χ3n) is 4.57. The monoisotopic (exact) mass is 248 g/mol. The lowest BCUT2D eigenvalue weighted by Crippen LogP contribution is -2.30. The zero-order valence-electron chi connectivity index (χ0n) is 13.4. The fraction of sp³-hybridized carbons (Fsp3) is 0.889. The van der Waals surface area contributed by atoms with Crippen LogP contribution < -0.4 is 0 Å². The second kappa shape index (κ2) is 4.69. The second-order valence-corrected chi connectivity index (χ2v) is 9.07. The van der Waals surface area contributed by atoms with Gasteiger partial charge < -0.3 is 0 Å². The van der Waals surface area contributed by atoms with Crippen molar-refractivity contribution in [3.63, 3.8) is 0 Å². The Labute approximate surface area is 114 Å². The summed E-state index contributed by atoms with van der Waals surface area (Å²) in [6.07, 6.45) is 8.57. The molecule has 1 saturated carbocycles. The van der Waals surface area contributed by atoms with E-state index in [9.17, 15) is 0 Å². The van der Waals surface area contributed by atoms with E-state index in [0.29, 0.717) is 10.8 Å². The van der Waals surface area contributed by atoms with Gasteiger partial charge in [-0.2, -0.15) is 0 Å². The molecule has 0 spiro atoms. The molecule has 0 radical (unpaired) electrons. The molecule has 0 N–H and O–H groups in total. The van der Waals surface area contributed by atoms with E-state index in [1.807, 2.05) is 11.1 Å². The Balaban J connectivity index is 2.29. The Hall–Kier alpha value is -0.260. The van der Waals surface area contributed by atoms with Crippen LogP contribution in [-0.2, 0) is 0 Å². The van der Waals surface area contributed by atoms with E-state index in [2.05, 4.69) is 41.5 Å². The predicted octanol–water partition coefficient (Wildman–Crippen LogP) is 5.98. The van der Waals surface area contributed by atoms with Crippen molar-refractivity contribution >= 4 is 0 Å². The molecule has 0 amide bonds. The van der Waals surface area contributed by atoms with E-state index in [1.165, 1.54) is 38.5 Å². The maximum atomic E-state index is 2.40. The topological polar surface area (TPSA) is 0 Å². The summed E-state index contributed by atoms with van der Waals surface area (Å²) in [5, 5.41) is 0. The fourth-order valence-corrected chi connectivity index (χ4v) is 3.97. The molecule has 0 aliphatic heterocycles. The summed E-state index contributed by atoms with van der Waals surface area (Å²) in [4.78, 5) is 0. The predicted molar refractivity (Wildman–Crippen MR) is 80.6 cm³/mol. The smallest absolute Gasteiger partial charge is 0.0200 e. The van der Waals surface area contributed by atoms with Crippen molar-refractivity contribution in [3.05, 3.63) is 11.1 Å². The van der Waals surface area contributed by atoms with Gasteiger partial charge in [0.25, 0.3) is 0 Å². The van der Waals surface area contributed by atoms with Gasteiger partial charge in [-0.15, -0.1) is 0 Å². The minimum absolute atomic E-state index is 0.454. The highest BCUT2D eigenvalue weighted by Gasteiger charge is 2.37. The van der Waals surface area contributed by atoms with Crippen LogP contribution in [-0.4, -0.2) is 0 Å². The third kappa shape index (κ3) is 3.39. The molecular formula is C18H32. The normalized spacial score (nSPS) is 29.0. The van der Waals surface area contributed by atoms with Crippen LogP contribution in [0.5, 0.6) is 0 Å². The quantitative estimate of drug-likeness (QED) is 0.528. The van der Waals surface area contributed by atoms with E-state index < -0.39 is 0 Å². The van der Waals surface area contributed by atoms with Crippen LogP contribution in [0.4, 0.5) is 0 Å². The summed E-state index contributed by atoms with van der Waals surface area (Å²) < 4.78 is 0. The Morgan fingerprint density at radius 1 is 0.667 bits per heavy atom. The van der Waals surface area contributed by atoms with Gasteiger partial charge in [0.15, 0.2) is 0 Å². The molecule has 3 aliphatic carbocycles. The molecule has 0 nitrogen and oxygen atoms in total. The number of rotatable bonds is 2. The Bertz CT molecular complexity index is 290. The molecule has 0 atom stereocenters. The Morgan fingerprint density at radius 2 is 0.944 bits per heavy atom. The average molecular weight is 248 g/mol. The lowest BCUT2D eigenvalue weighted by molar-refractivity contribution is 0.244. The molecule has 18 heavy (non-hydrogen) atoms. The molecule has 0 heteroatoms. The van der Waals surface area contributed by atoms with Crippen molar-refractivity contribution in [1.29, 1.82) is 0 Å². The zero-order chi connectivity index (χ0) is 13.6. The molecule has 2 bridgehead atoms. The van der Waals surface area contributed by atoms with Crippen LogP contribution in [0.15, 0.2) is 11.1 Å². The summed E-state index contributed by atoms with van der Waals surface area (Å²) >= 11 is 0. The molecule has 0 aromatic heterocycles. The van der Waals surface area contributed by atoms with Crippen LogP contribution in [0.3, 0.4) is 0 Å². The van der Waals surface area contributed by atoms with Crippen LogP contribution in [0, 0.1) is 22.7 Å². The molecule has 0 heterocycles. The van der Waals surface area contributed by atoms with Gasteiger partial charge in [0.1, 0.15) is 0 Å². The molecule has 3 rings (SSSR count). The van der Waals surface area contributed by atoms with E-state index in [4.69, 9.17) is 0 Å². The fourth-order valence-electron chi connectivity index (χ4n) is 3.97. The van der Waals surface area contributed by atoms with Crippen molar-refractivity contribution < 1.29 is 0 Å². The largest absolute Gasteiger partial charge is 0.0671 e. The van der Waals surface area contributed by atoms with Crippen LogP contribution in [0.25, 0.3) is 0 Å². The minimum atomic E-state index is 0.454. The summed E-state index contributed by atoms with van der Waals surface area (Å²) in [5.74, 6) is 1.87. The molecule has 0 aromatic rings. The van der Waals surface area contributed by atoms with Gasteiger partial charge in [0.05, 0.1) is 0 Å². The summed E-state index contributed by atoms with van der Waals surface area (Å²) in [5.41, 5.74) is 4.66. The van der Waals surface area contributed by atoms with Crippen molar-refractivity contribution in [2.24, 2.45) is 22.7 Å². The zero-order valence-corrected chi connectivity index (χ0v) is 13.4. The molecule has 0 unspecified atom stereocenters. The van der Waals surface area contributed by atoms with Gasteiger partial charge in [0.2, 0.25) is 0 Å². The molecule has 1 fully saturated rings. The van der Waals surface area contributed by atoms with E-state index in [-0.39, 0.29) is 0 Å². The second-order valence-electron chi connectivity index (χ2n) is 9.07. The first-order chi connectivity index (χ1) is 8.16. The SMILES string of the molecule is CC(C)(C)CC1=C(CC(C)(C)C)C2CCC1CC2. The van der Waals surface area contributed by atoms with Gasteiger partial charge in [-0.3, -0.25) is 0 Å². The summed E-state index contributed by atoms with van der Waals surface area (Å²) in [7, 11) is 0. The number of hydrogen-bond donors (Lipinski definition) is 0. The minimum Gasteiger partial charge on any atom is -0.0671 e. The number of fused-ring (bicyclic) bond motifs is 2. The van der Waals surface area contributed by atoms with Gasteiger partial charge in [-0.25, -0.2) is 0 Å². The van der Waals surface area contributed by atoms with E-state index >= 15 is 0 Å². The number of hydrogen-bond acceptors (Lipinski definition) is 0. The Morgan fingerprint density at radius 3 is 1.17 bits per heavy atom. The Kier molecular flexibility index (Phi) is 3.69. The first kappa shape index (κ1) is 14.2. The van der Waals surface area contributed by atoms with Gasteiger partial charge in [-0.1, -0.05) is 52.7 Å². The molecule has 0 saturated heterocycles. The van der Waals surface area contributed by atoms with Crippen molar-refractivity contribution in [2.45, 2.75) is 80.1 Å². The number of allylic oxidation sites excluding steroid dienone is 2. The summed E-state index contributed by atoms with van der Waals surface area (Å²) in [6, 6.07) is 0. The molecule has 104 valence electrons. The molecule has 0 aromatic carbocycles. The lowest BCUT2D eigenvalue weighted by Gasteiger charge is -2.44. The maximum Gasteiger partial charge on any atom is -0.0200 e. The molecule has 3 aliphatic rings. The van der Waals surface area contributed by atoms with Gasteiger partial charge in [0, 0.05) is 0 Å². The summed E-state index contributed by atoms with van der Waals surface area (Å²) in [6.45, 7) is 14.4. The molecular weight excluding hydrogens is 216 g/mol. The van der Waals surface area contributed by atoms with Crippen molar-refractivity contribution in [3.8, 4) is 0 Å². The lowest BCUT2D eigenvalue weighted by atomic mass is 9.61. The highest BCUT2D eigenvalue weighted by Crippen LogP contribution is 2.51. The van der Waals surface area contributed by atoms with Crippen LogP contribution in [0.1, 0.15) is 80.1 Å². The van der Waals surface area contributed by atoms with Crippen LogP contribution in [0.2, 0.25) is 0 Å². The maximum absolute atomic E-state index is 2.40.